The predicted molar refractivity (Wildman–Crippen MR) is 104 cm³/mol. The molecule has 3 N–H and O–H groups in total. The maximum absolute atomic E-state index is 10.4. The quantitative estimate of drug-likeness (QED) is 0.854. The average molecular weight is 362 g/mol. The lowest BCUT2D eigenvalue weighted by molar-refractivity contribution is -0.135. The Bertz CT molecular complexity index is 706. The number of benzene rings is 1. The van der Waals surface area contributed by atoms with Crippen LogP contribution in [0.4, 0.5) is 0 Å². The highest BCUT2D eigenvalue weighted by atomic mass is 16.5. The third-order valence-corrected chi connectivity index (χ3v) is 4.17. The van der Waals surface area contributed by atoms with Crippen molar-refractivity contribution in [1.82, 2.24) is 0 Å². The summed E-state index contributed by atoms with van der Waals surface area (Å²) in [7, 11) is 3.27. The Kier molecular flexibility index (Phi) is 7.68. The molecule has 0 saturated heterocycles. The highest BCUT2D eigenvalue weighted by Crippen LogP contribution is 2.35. The standard InChI is InChI=1S/C11H18N2O2.C9H12O2/c1-7-8(12)4-11(2,3)5-9(7)13-6-10(14)15;1-7-4-5-8(10-2)9(6-7)11-3/h4-6,12H2,1-3H3,(H,14,15);4-6H,1-3H3. The minimum Gasteiger partial charge on any atom is -0.493 e. The molecule has 1 aromatic carbocycles. The molecular formula is C20H30N2O4. The number of aryl methyl sites for hydroxylation is 1. The molecular weight excluding hydrogens is 332 g/mol. The molecule has 0 bridgehead atoms. The molecule has 1 aliphatic carbocycles. The fraction of sp³-hybridized carbons (Fsp3) is 0.500. The molecule has 1 aliphatic rings. The second-order valence-electron chi connectivity index (χ2n) is 7.18. The van der Waals surface area contributed by atoms with Gasteiger partial charge in [0.1, 0.15) is 6.54 Å². The SMILES string of the molecule is CC1=C(N)CC(C)(C)CC1=NCC(=O)O.COc1ccc(C)cc1OC. The summed E-state index contributed by atoms with van der Waals surface area (Å²) in [6.07, 6.45) is 1.65. The molecule has 6 heteroatoms. The van der Waals surface area contributed by atoms with Crippen LogP contribution in [-0.2, 0) is 4.79 Å². The number of nitrogens with two attached hydrogens (primary N) is 1. The normalized spacial score (nSPS) is 17.4. The molecule has 0 spiro atoms. The van der Waals surface area contributed by atoms with E-state index in [1.54, 1.807) is 14.2 Å². The molecule has 1 aromatic rings. The van der Waals surface area contributed by atoms with Crippen LogP contribution in [0.15, 0.2) is 34.5 Å². The smallest absolute Gasteiger partial charge is 0.325 e. The van der Waals surface area contributed by atoms with Crippen molar-refractivity contribution in [2.24, 2.45) is 16.1 Å². The van der Waals surface area contributed by atoms with E-state index in [9.17, 15) is 4.79 Å². The molecule has 0 unspecified atom stereocenters. The van der Waals surface area contributed by atoms with E-state index in [1.807, 2.05) is 32.0 Å². The number of carboxylic acid groups (broad SMARTS) is 1. The van der Waals surface area contributed by atoms with E-state index in [-0.39, 0.29) is 12.0 Å². The van der Waals surface area contributed by atoms with Gasteiger partial charge in [-0.2, -0.15) is 0 Å². The summed E-state index contributed by atoms with van der Waals surface area (Å²) in [4.78, 5) is 14.5. The van der Waals surface area contributed by atoms with Crippen molar-refractivity contribution >= 4 is 11.7 Å². The maximum Gasteiger partial charge on any atom is 0.325 e. The Morgan fingerprint density at radius 1 is 1.19 bits per heavy atom. The molecule has 0 saturated carbocycles. The van der Waals surface area contributed by atoms with Gasteiger partial charge in [-0.1, -0.05) is 19.9 Å². The lowest BCUT2D eigenvalue weighted by Crippen LogP contribution is -2.28. The predicted octanol–water partition coefficient (Wildman–Crippen LogP) is 3.58. The topological polar surface area (TPSA) is 94.1 Å². The summed E-state index contributed by atoms with van der Waals surface area (Å²) in [5.74, 6) is 0.655. The Hall–Kier alpha value is -2.50. The van der Waals surface area contributed by atoms with E-state index in [0.717, 1.165) is 41.3 Å². The summed E-state index contributed by atoms with van der Waals surface area (Å²) in [6, 6.07) is 5.83. The number of rotatable bonds is 4. The van der Waals surface area contributed by atoms with Crippen LogP contribution in [0.25, 0.3) is 0 Å². The minimum absolute atomic E-state index is 0.0843. The molecule has 0 fully saturated rings. The van der Waals surface area contributed by atoms with Crippen LogP contribution in [0.1, 0.15) is 39.2 Å². The van der Waals surface area contributed by atoms with Crippen LogP contribution in [0.2, 0.25) is 0 Å². The number of carboxylic acids is 1. The summed E-state index contributed by atoms with van der Waals surface area (Å²) in [5.41, 5.74) is 9.78. The van der Waals surface area contributed by atoms with Gasteiger partial charge < -0.3 is 20.3 Å². The van der Waals surface area contributed by atoms with Crippen molar-refractivity contribution in [2.75, 3.05) is 20.8 Å². The molecule has 0 aliphatic heterocycles. The highest BCUT2D eigenvalue weighted by molar-refractivity contribution is 6.02. The van der Waals surface area contributed by atoms with Gasteiger partial charge in [0.25, 0.3) is 0 Å². The summed E-state index contributed by atoms with van der Waals surface area (Å²) >= 11 is 0. The second-order valence-corrected chi connectivity index (χ2v) is 7.18. The van der Waals surface area contributed by atoms with E-state index in [0.29, 0.717) is 0 Å². The number of aliphatic imine (C=N–C) groups is 1. The molecule has 26 heavy (non-hydrogen) atoms. The lowest BCUT2D eigenvalue weighted by atomic mass is 9.76. The second kappa shape index (κ2) is 9.27. The Balaban J connectivity index is 0.000000273. The van der Waals surface area contributed by atoms with E-state index < -0.39 is 5.97 Å². The maximum atomic E-state index is 10.4. The summed E-state index contributed by atoms with van der Waals surface area (Å²) in [6.45, 7) is 7.98. The van der Waals surface area contributed by atoms with Crippen LogP contribution in [-0.4, -0.2) is 37.6 Å². The highest BCUT2D eigenvalue weighted by Gasteiger charge is 2.28. The number of ether oxygens (including phenoxy) is 2. The molecule has 0 atom stereocenters. The zero-order valence-electron chi connectivity index (χ0n) is 16.5. The van der Waals surface area contributed by atoms with Crippen molar-refractivity contribution < 1.29 is 19.4 Å². The number of aliphatic carboxylic acids is 1. The first-order valence-corrected chi connectivity index (χ1v) is 8.49. The molecule has 0 heterocycles. The Labute approximate surface area is 155 Å². The molecule has 0 amide bonds. The lowest BCUT2D eigenvalue weighted by Gasteiger charge is -2.31. The summed E-state index contributed by atoms with van der Waals surface area (Å²) in [5, 5.41) is 8.57. The van der Waals surface area contributed by atoms with Crippen LogP contribution >= 0.6 is 0 Å². The van der Waals surface area contributed by atoms with Crippen LogP contribution in [0, 0.1) is 12.3 Å². The van der Waals surface area contributed by atoms with Crippen molar-refractivity contribution in [1.29, 1.82) is 0 Å². The van der Waals surface area contributed by atoms with Gasteiger partial charge in [-0.3, -0.25) is 9.79 Å². The first-order chi connectivity index (χ1) is 12.1. The van der Waals surface area contributed by atoms with E-state index >= 15 is 0 Å². The number of hydrogen-bond acceptors (Lipinski definition) is 5. The number of methoxy groups -OCH3 is 2. The number of nitrogens with zero attached hydrogens (tertiary/aromatic N) is 1. The van der Waals surface area contributed by atoms with Crippen molar-refractivity contribution in [3.63, 3.8) is 0 Å². The van der Waals surface area contributed by atoms with Crippen LogP contribution in [0.5, 0.6) is 11.5 Å². The molecule has 6 nitrogen and oxygen atoms in total. The molecule has 0 radical (unpaired) electrons. The molecule has 0 aromatic heterocycles. The Morgan fingerprint density at radius 3 is 2.35 bits per heavy atom. The van der Waals surface area contributed by atoms with Gasteiger partial charge in [0.2, 0.25) is 0 Å². The zero-order valence-corrected chi connectivity index (χ0v) is 16.5. The van der Waals surface area contributed by atoms with Gasteiger partial charge in [-0.05, 0) is 55.4 Å². The average Bonchev–Trinajstić information content (AvgIpc) is 2.56. The van der Waals surface area contributed by atoms with Crippen LogP contribution in [0.3, 0.4) is 0 Å². The fourth-order valence-corrected chi connectivity index (χ4v) is 2.76. The third-order valence-electron chi connectivity index (χ3n) is 4.17. The number of carbonyl (C=O) groups is 1. The zero-order chi connectivity index (χ0) is 19.9. The number of hydrogen-bond donors (Lipinski definition) is 2. The Morgan fingerprint density at radius 2 is 1.81 bits per heavy atom. The van der Waals surface area contributed by atoms with E-state index in [4.69, 9.17) is 20.3 Å². The van der Waals surface area contributed by atoms with Crippen molar-refractivity contribution in [2.45, 2.75) is 40.5 Å². The molecule has 2 rings (SSSR count). The van der Waals surface area contributed by atoms with Gasteiger partial charge in [0.15, 0.2) is 11.5 Å². The van der Waals surface area contributed by atoms with Gasteiger partial charge in [0, 0.05) is 11.4 Å². The van der Waals surface area contributed by atoms with Gasteiger partial charge in [0.05, 0.1) is 14.2 Å². The van der Waals surface area contributed by atoms with Gasteiger partial charge in [-0.15, -0.1) is 0 Å². The minimum atomic E-state index is -0.905. The fourth-order valence-electron chi connectivity index (χ4n) is 2.76. The van der Waals surface area contributed by atoms with Crippen molar-refractivity contribution in [3.8, 4) is 11.5 Å². The first-order valence-electron chi connectivity index (χ1n) is 8.49. The monoisotopic (exact) mass is 362 g/mol. The van der Waals surface area contributed by atoms with Crippen LogP contribution < -0.4 is 15.2 Å². The first kappa shape index (κ1) is 21.5. The largest absolute Gasteiger partial charge is 0.493 e. The van der Waals surface area contributed by atoms with Crippen molar-refractivity contribution in [3.05, 3.63) is 35.0 Å². The third kappa shape index (κ3) is 6.43. The van der Waals surface area contributed by atoms with Gasteiger partial charge in [-0.25, -0.2) is 0 Å². The number of allylic oxidation sites excluding steroid dienone is 2. The van der Waals surface area contributed by atoms with E-state index in [2.05, 4.69) is 18.8 Å². The molecule has 144 valence electrons. The summed E-state index contributed by atoms with van der Waals surface area (Å²) < 4.78 is 10.2. The van der Waals surface area contributed by atoms with Gasteiger partial charge >= 0.3 is 5.97 Å². The van der Waals surface area contributed by atoms with E-state index in [1.165, 1.54) is 5.56 Å².